The Kier molecular flexibility index (Phi) is 7.06. The van der Waals surface area contributed by atoms with E-state index in [4.69, 9.17) is 9.47 Å². The van der Waals surface area contributed by atoms with E-state index in [9.17, 15) is 9.59 Å². The number of ether oxygens (including phenoxy) is 2. The Hall–Kier alpha value is -3.24. The first-order chi connectivity index (χ1) is 17.5. The molecule has 8 heteroatoms. The zero-order valence-corrected chi connectivity index (χ0v) is 22.9. The first-order valence-electron chi connectivity index (χ1n) is 11.2. The van der Waals surface area contributed by atoms with E-state index in [1.807, 2.05) is 49.4 Å². The number of hydrazone groups is 1. The molecular formula is C28H20BrIN2O4. The Bertz CT molecular complexity index is 1470. The number of amides is 2. The molecule has 0 atom stereocenters. The lowest BCUT2D eigenvalue weighted by molar-refractivity contribution is 0.0616. The van der Waals surface area contributed by atoms with Crippen LogP contribution in [-0.2, 0) is 6.61 Å². The van der Waals surface area contributed by atoms with Gasteiger partial charge < -0.3 is 9.47 Å². The third kappa shape index (κ3) is 4.75. The average Bonchev–Trinajstić information content (AvgIpc) is 2.88. The first kappa shape index (κ1) is 24.5. The molecule has 4 aromatic carbocycles. The molecule has 6 nitrogen and oxygen atoms in total. The fourth-order valence-electron chi connectivity index (χ4n) is 4.05. The SMILES string of the molecule is CCOc1cc(/C=N\N2C(=O)c3cccc4cccc(c34)C2=O)cc(I)c1OCc1ccc(Br)cc1. The third-order valence-electron chi connectivity index (χ3n) is 5.70. The second kappa shape index (κ2) is 10.4. The minimum Gasteiger partial charge on any atom is -0.490 e. The summed E-state index contributed by atoms with van der Waals surface area (Å²) in [4.78, 5) is 26.2. The van der Waals surface area contributed by atoms with Gasteiger partial charge in [0.25, 0.3) is 11.8 Å². The lowest BCUT2D eigenvalue weighted by Gasteiger charge is -2.23. The molecule has 0 radical (unpaired) electrons. The third-order valence-corrected chi connectivity index (χ3v) is 7.03. The second-order valence-corrected chi connectivity index (χ2v) is 10.1. The summed E-state index contributed by atoms with van der Waals surface area (Å²) in [5, 5.41) is 6.72. The second-order valence-electron chi connectivity index (χ2n) is 8.05. The smallest absolute Gasteiger partial charge is 0.282 e. The molecule has 5 rings (SSSR count). The summed E-state index contributed by atoms with van der Waals surface area (Å²) in [5.74, 6) is 0.294. The predicted octanol–water partition coefficient (Wildman–Crippen LogP) is 6.81. The number of carbonyl (C=O) groups excluding carboxylic acids is 2. The van der Waals surface area contributed by atoms with Crippen LogP contribution in [0.15, 0.2) is 82.4 Å². The molecule has 0 aromatic heterocycles. The summed E-state index contributed by atoms with van der Waals surface area (Å²) in [6.45, 7) is 2.74. The van der Waals surface area contributed by atoms with E-state index < -0.39 is 11.8 Å². The number of benzene rings is 4. The van der Waals surface area contributed by atoms with Crippen LogP contribution in [0, 0.1) is 3.57 Å². The van der Waals surface area contributed by atoms with E-state index in [1.54, 1.807) is 30.3 Å². The van der Waals surface area contributed by atoms with Gasteiger partial charge in [-0.1, -0.05) is 52.3 Å². The molecule has 180 valence electrons. The van der Waals surface area contributed by atoms with Gasteiger partial charge in [0.15, 0.2) is 11.5 Å². The van der Waals surface area contributed by atoms with Gasteiger partial charge in [-0.05, 0) is 82.4 Å². The average molecular weight is 655 g/mol. The Morgan fingerprint density at radius 1 is 0.944 bits per heavy atom. The highest BCUT2D eigenvalue weighted by Gasteiger charge is 2.32. The topological polar surface area (TPSA) is 68.2 Å². The zero-order valence-electron chi connectivity index (χ0n) is 19.2. The Morgan fingerprint density at radius 3 is 2.25 bits per heavy atom. The van der Waals surface area contributed by atoms with Gasteiger partial charge in [0.1, 0.15) is 6.61 Å². The van der Waals surface area contributed by atoms with Crippen molar-refractivity contribution in [3.05, 3.63) is 103 Å². The van der Waals surface area contributed by atoms with Crippen LogP contribution >= 0.6 is 38.5 Å². The molecule has 0 fully saturated rings. The molecule has 2 amide bonds. The number of carbonyl (C=O) groups is 2. The normalized spacial score (nSPS) is 13.0. The van der Waals surface area contributed by atoms with Gasteiger partial charge in [0.2, 0.25) is 0 Å². The molecule has 0 saturated heterocycles. The number of rotatable bonds is 7. The number of hydrogen-bond donors (Lipinski definition) is 0. The maximum absolute atomic E-state index is 13.1. The highest BCUT2D eigenvalue weighted by Crippen LogP contribution is 2.35. The van der Waals surface area contributed by atoms with E-state index in [1.165, 1.54) is 6.21 Å². The molecule has 0 unspecified atom stereocenters. The molecule has 0 saturated carbocycles. The Balaban J connectivity index is 1.42. The van der Waals surface area contributed by atoms with Crippen LogP contribution in [-0.4, -0.2) is 29.6 Å². The molecule has 1 aliphatic heterocycles. The van der Waals surface area contributed by atoms with Crippen molar-refractivity contribution in [1.82, 2.24) is 5.01 Å². The van der Waals surface area contributed by atoms with Crippen molar-refractivity contribution < 1.29 is 19.1 Å². The van der Waals surface area contributed by atoms with Crippen LogP contribution in [0.2, 0.25) is 0 Å². The van der Waals surface area contributed by atoms with Crippen molar-refractivity contribution in [2.75, 3.05) is 6.61 Å². The minimum absolute atomic E-state index is 0.387. The van der Waals surface area contributed by atoms with Gasteiger partial charge in [-0.3, -0.25) is 9.59 Å². The molecule has 4 aromatic rings. The molecule has 0 N–H and O–H groups in total. The van der Waals surface area contributed by atoms with Gasteiger partial charge in [0, 0.05) is 9.86 Å². The molecule has 1 aliphatic rings. The monoisotopic (exact) mass is 654 g/mol. The summed E-state index contributed by atoms with van der Waals surface area (Å²) < 4.78 is 13.8. The molecule has 1 heterocycles. The van der Waals surface area contributed by atoms with E-state index in [-0.39, 0.29) is 0 Å². The standard InChI is InChI=1S/C28H20BrIN2O4/c1-2-35-24-14-18(13-23(30)26(24)36-16-17-9-11-20(29)12-10-17)15-31-32-27(33)21-7-3-5-19-6-4-8-22(25(19)21)28(32)34/h3-15H,2,16H2,1H3/b31-15-. The number of halogens is 2. The summed E-state index contributed by atoms with van der Waals surface area (Å²) in [5.41, 5.74) is 2.62. The van der Waals surface area contributed by atoms with Crippen molar-refractivity contribution in [1.29, 1.82) is 0 Å². The molecule has 0 spiro atoms. The van der Waals surface area contributed by atoms with Crippen LogP contribution < -0.4 is 9.47 Å². The molecule has 0 bridgehead atoms. The van der Waals surface area contributed by atoms with Gasteiger partial charge in [-0.2, -0.15) is 10.1 Å². The minimum atomic E-state index is -0.449. The van der Waals surface area contributed by atoms with Crippen molar-refractivity contribution >= 4 is 67.3 Å². The van der Waals surface area contributed by atoms with E-state index in [0.29, 0.717) is 46.8 Å². The highest BCUT2D eigenvalue weighted by atomic mass is 127. The van der Waals surface area contributed by atoms with E-state index in [2.05, 4.69) is 43.6 Å². The van der Waals surface area contributed by atoms with Crippen LogP contribution in [0.4, 0.5) is 0 Å². The Morgan fingerprint density at radius 2 is 1.61 bits per heavy atom. The summed E-state index contributed by atoms with van der Waals surface area (Å²) in [6.07, 6.45) is 1.49. The maximum atomic E-state index is 13.1. The van der Waals surface area contributed by atoms with E-state index in [0.717, 1.165) is 24.0 Å². The van der Waals surface area contributed by atoms with Crippen LogP contribution in [0.5, 0.6) is 11.5 Å². The van der Waals surface area contributed by atoms with Crippen molar-refractivity contribution in [3.8, 4) is 11.5 Å². The van der Waals surface area contributed by atoms with Crippen LogP contribution in [0.3, 0.4) is 0 Å². The number of hydrogen-bond acceptors (Lipinski definition) is 5. The molecular weight excluding hydrogens is 635 g/mol. The van der Waals surface area contributed by atoms with Gasteiger partial charge in [0.05, 0.1) is 27.5 Å². The van der Waals surface area contributed by atoms with Crippen molar-refractivity contribution in [3.63, 3.8) is 0 Å². The zero-order chi connectivity index (χ0) is 25.2. The number of imide groups is 1. The van der Waals surface area contributed by atoms with Crippen molar-refractivity contribution in [2.24, 2.45) is 5.10 Å². The fraction of sp³-hybridized carbons (Fsp3) is 0.107. The van der Waals surface area contributed by atoms with Crippen molar-refractivity contribution in [2.45, 2.75) is 13.5 Å². The number of nitrogens with zero attached hydrogens (tertiary/aromatic N) is 2. The lowest BCUT2D eigenvalue weighted by Crippen LogP contribution is -2.36. The predicted molar refractivity (Wildman–Crippen MR) is 151 cm³/mol. The van der Waals surface area contributed by atoms with Gasteiger partial charge >= 0.3 is 0 Å². The highest BCUT2D eigenvalue weighted by molar-refractivity contribution is 14.1. The molecule has 36 heavy (non-hydrogen) atoms. The lowest BCUT2D eigenvalue weighted by atomic mass is 9.95. The first-order valence-corrected chi connectivity index (χ1v) is 13.1. The largest absolute Gasteiger partial charge is 0.490 e. The summed E-state index contributed by atoms with van der Waals surface area (Å²) in [7, 11) is 0. The van der Waals surface area contributed by atoms with E-state index >= 15 is 0 Å². The van der Waals surface area contributed by atoms with Gasteiger partial charge in [-0.25, -0.2) is 0 Å². The van der Waals surface area contributed by atoms with Gasteiger partial charge in [-0.15, -0.1) is 0 Å². The maximum Gasteiger partial charge on any atom is 0.282 e. The van der Waals surface area contributed by atoms with Crippen LogP contribution in [0.25, 0.3) is 10.8 Å². The molecule has 0 aliphatic carbocycles. The Labute approximate surface area is 230 Å². The quantitative estimate of drug-likeness (QED) is 0.125. The summed E-state index contributed by atoms with van der Waals surface area (Å²) in [6, 6.07) is 22.4. The summed E-state index contributed by atoms with van der Waals surface area (Å²) >= 11 is 5.62. The van der Waals surface area contributed by atoms with Crippen LogP contribution in [0.1, 0.15) is 38.8 Å². The fourth-order valence-corrected chi connectivity index (χ4v) is 5.09.